The molecule has 0 saturated carbocycles. The number of H-pyrrole nitrogens is 1. The van der Waals surface area contributed by atoms with Gasteiger partial charge >= 0.3 is 5.69 Å². The highest BCUT2D eigenvalue weighted by Crippen LogP contribution is 2.08. The summed E-state index contributed by atoms with van der Waals surface area (Å²) in [6, 6.07) is 9.25. The van der Waals surface area contributed by atoms with Crippen LogP contribution in [0.1, 0.15) is 24.5 Å². The van der Waals surface area contributed by atoms with Crippen molar-refractivity contribution in [3.63, 3.8) is 0 Å². The van der Waals surface area contributed by atoms with Crippen molar-refractivity contribution < 1.29 is 4.79 Å². The van der Waals surface area contributed by atoms with E-state index < -0.39 is 11.2 Å². The van der Waals surface area contributed by atoms with Crippen LogP contribution in [0.15, 0.2) is 46.1 Å². The molecule has 0 saturated heterocycles. The lowest BCUT2D eigenvalue weighted by atomic mass is 10.1. The fraction of sp³-hybridized carbons (Fsp3) is 0.353. The number of carbonyl (C=O) groups is 1. The van der Waals surface area contributed by atoms with Crippen molar-refractivity contribution in [1.29, 1.82) is 0 Å². The van der Waals surface area contributed by atoms with Crippen molar-refractivity contribution in [3.8, 4) is 0 Å². The molecule has 0 bridgehead atoms. The highest BCUT2D eigenvalue weighted by Gasteiger charge is 2.14. The maximum absolute atomic E-state index is 12.5. The largest absolute Gasteiger partial charge is 0.337 e. The van der Waals surface area contributed by atoms with Gasteiger partial charge in [0.2, 0.25) is 5.91 Å². The lowest BCUT2D eigenvalue weighted by Gasteiger charge is -2.22. The van der Waals surface area contributed by atoms with Gasteiger partial charge in [-0.3, -0.25) is 19.1 Å². The summed E-state index contributed by atoms with van der Waals surface area (Å²) in [5.74, 6) is -0.151. The van der Waals surface area contributed by atoms with Crippen LogP contribution in [0, 0.1) is 6.92 Å². The Morgan fingerprint density at radius 1 is 1.17 bits per heavy atom. The molecule has 0 fully saturated rings. The first-order chi connectivity index (χ1) is 11.0. The molecule has 6 heteroatoms. The number of hydrogen-bond donors (Lipinski definition) is 1. The second kappa shape index (κ2) is 7.58. The van der Waals surface area contributed by atoms with Crippen LogP contribution in [0.3, 0.4) is 0 Å². The monoisotopic (exact) mass is 315 g/mol. The smallest absolute Gasteiger partial charge is 0.328 e. The fourth-order valence-corrected chi connectivity index (χ4v) is 2.29. The second-order valence-electron chi connectivity index (χ2n) is 5.54. The number of aromatic amines is 1. The van der Waals surface area contributed by atoms with Crippen LogP contribution >= 0.6 is 0 Å². The van der Waals surface area contributed by atoms with Gasteiger partial charge in [0.05, 0.1) is 0 Å². The average Bonchev–Trinajstić information content (AvgIpc) is 2.51. The van der Waals surface area contributed by atoms with Gasteiger partial charge in [0.25, 0.3) is 5.56 Å². The zero-order valence-electron chi connectivity index (χ0n) is 13.4. The van der Waals surface area contributed by atoms with E-state index in [-0.39, 0.29) is 12.5 Å². The number of nitrogens with zero attached hydrogens (tertiary/aromatic N) is 2. The first-order valence-corrected chi connectivity index (χ1v) is 7.62. The zero-order valence-corrected chi connectivity index (χ0v) is 13.4. The normalized spacial score (nSPS) is 10.5. The van der Waals surface area contributed by atoms with Crippen LogP contribution < -0.4 is 11.2 Å². The third-order valence-electron chi connectivity index (χ3n) is 3.54. The Morgan fingerprint density at radius 3 is 2.48 bits per heavy atom. The molecular formula is C17H21N3O3. The molecule has 6 nitrogen and oxygen atoms in total. The number of aromatic nitrogens is 2. The molecule has 1 aromatic carbocycles. The number of benzene rings is 1. The van der Waals surface area contributed by atoms with Gasteiger partial charge in [-0.15, -0.1) is 0 Å². The first-order valence-electron chi connectivity index (χ1n) is 7.62. The summed E-state index contributed by atoms with van der Waals surface area (Å²) in [4.78, 5) is 39.1. The number of amides is 1. The van der Waals surface area contributed by atoms with Crippen molar-refractivity contribution in [2.75, 3.05) is 6.54 Å². The van der Waals surface area contributed by atoms with Gasteiger partial charge in [-0.1, -0.05) is 36.8 Å². The molecule has 0 atom stereocenters. The Kier molecular flexibility index (Phi) is 5.51. The Hall–Kier alpha value is -2.63. The second-order valence-corrected chi connectivity index (χ2v) is 5.54. The minimum atomic E-state index is -0.572. The van der Waals surface area contributed by atoms with Crippen molar-refractivity contribution in [1.82, 2.24) is 14.5 Å². The molecule has 122 valence electrons. The summed E-state index contributed by atoms with van der Waals surface area (Å²) in [5.41, 5.74) is 1.18. The van der Waals surface area contributed by atoms with E-state index in [1.807, 2.05) is 38.1 Å². The first kappa shape index (κ1) is 16.7. The minimum Gasteiger partial charge on any atom is -0.337 e. The average molecular weight is 315 g/mol. The van der Waals surface area contributed by atoms with Gasteiger partial charge in [-0.25, -0.2) is 4.79 Å². The SMILES string of the molecule is CCCN(Cc1ccc(C)cc1)C(=O)Cn1ccc(=O)[nH]c1=O. The Bertz CT molecular complexity index is 775. The topological polar surface area (TPSA) is 75.2 Å². The van der Waals surface area contributed by atoms with Crippen LogP contribution in [-0.4, -0.2) is 26.9 Å². The molecular weight excluding hydrogens is 294 g/mol. The lowest BCUT2D eigenvalue weighted by Crippen LogP contribution is -2.38. The van der Waals surface area contributed by atoms with Crippen molar-refractivity contribution in [2.24, 2.45) is 0 Å². The van der Waals surface area contributed by atoms with Crippen molar-refractivity contribution in [3.05, 3.63) is 68.5 Å². The molecule has 2 aromatic rings. The van der Waals surface area contributed by atoms with Crippen LogP contribution in [0.25, 0.3) is 0 Å². The van der Waals surface area contributed by atoms with Crippen molar-refractivity contribution in [2.45, 2.75) is 33.4 Å². The molecule has 0 spiro atoms. The predicted molar refractivity (Wildman–Crippen MR) is 88.2 cm³/mol. The van der Waals surface area contributed by atoms with E-state index in [1.165, 1.54) is 22.4 Å². The zero-order chi connectivity index (χ0) is 16.8. The number of aryl methyl sites for hydroxylation is 1. The van der Waals surface area contributed by atoms with Crippen LogP contribution in [0.5, 0.6) is 0 Å². The third kappa shape index (κ3) is 4.67. The van der Waals surface area contributed by atoms with E-state index in [1.54, 1.807) is 4.90 Å². The van der Waals surface area contributed by atoms with E-state index in [9.17, 15) is 14.4 Å². The molecule has 1 amide bonds. The van der Waals surface area contributed by atoms with E-state index >= 15 is 0 Å². The molecule has 1 N–H and O–H groups in total. The summed E-state index contributed by atoms with van der Waals surface area (Å²) in [6.45, 7) is 5.06. The van der Waals surface area contributed by atoms with E-state index in [2.05, 4.69) is 4.98 Å². The molecule has 23 heavy (non-hydrogen) atoms. The summed E-state index contributed by atoms with van der Waals surface area (Å²) in [6.07, 6.45) is 2.17. The van der Waals surface area contributed by atoms with Gasteiger partial charge in [0.1, 0.15) is 6.54 Å². The van der Waals surface area contributed by atoms with E-state index in [0.717, 1.165) is 12.0 Å². The van der Waals surface area contributed by atoms with Crippen LogP contribution in [0.2, 0.25) is 0 Å². The number of hydrogen-bond acceptors (Lipinski definition) is 3. The van der Waals surface area contributed by atoms with Gasteiger partial charge in [-0.05, 0) is 18.9 Å². The lowest BCUT2D eigenvalue weighted by molar-refractivity contribution is -0.132. The standard InChI is InChI=1S/C17H21N3O3/c1-3-9-19(11-14-6-4-13(2)5-7-14)16(22)12-20-10-8-15(21)18-17(20)23/h4-8,10H,3,9,11-12H2,1-2H3,(H,18,21,23). The molecule has 0 aliphatic heterocycles. The fourth-order valence-electron chi connectivity index (χ4n) is 2.29. The Balaban J connectivity index is 2.12. The van der Waals surface area contributed by atoms with Gasteiger partial charge in [0, 0.05) is 25.4 Å². The van der Waals surface area contributed by atoms with E-state index in [0.29, 0.717) is 13.1 Å². The van der Waals surface area contributed by atoms with Crippen molar-refractivity contribution >= 4 is 5.91 Å². The summed E-state index contributed by atoms with van der Waals surface area (Å²) >= 11 is 0. The van der Waals surface area contributed by atoms with Crippen LogP contribution in [0.4, 0.5) is 0 Å². The van der Waals surface area contributed by atoms with Gasteiger partial charge in [0.15, 0.2) is 0 Å². The molecule has 0 radical (unpaired) electrons. The molecule has 0 aliphatic rings. The Morgan fingerprint density at radius 2 is 1.87 bits per heavy atom. The number of nitrogens with one attached hydrogen (secondary N) is 1. The maximum Gasteiger partial charge on any atom is 0.328 e. The summed E-state index contributed by atoms with van der Waals surface area (Å²) < 4.78 is 1.21. The Labute approximate surface area is 134 Å². The number of carbonyl (C=O) groups excluding carboxylic acids is 1. The van der Waals surface area contributed by atoms with Gasteiger partial charge in [-0.2, -0.15) is 0 Å². The van der Waals surface area contributed by atoms with Gasteiger partial charge < -0.3 is 4.90 Å². The highest BCUT2D eigenvalue weighted by atomic mass is 16.2. The van der Waals surface area contributed by atoms with Crippen LogP contribution in [-0.2, 0) is 17.9 Å². The molecule has 0 aliphatic carbocycles. The highest BCUT2D eigenvalue weighted by molar-refractivity contribution is 5.76. The molecule has 2 rings (SSSR count). The molecule has 0 unspecified atom stereocenters. The van der Waals surface area contributed by atoms with E-state index in [4.69, 9.17) is 0 Å². The predicted octanol–water partition coefficient (Wildman–Crippen LogP) is 1.28. The summed E-state index contributed by atoms with van der Waals surface area (Å²) in [7, 11) is 0. The quantitative estimate of drug-likeness (QED) is 0.872. The molecule has 1 heterocycles. The minimum absolute atomic E-state index is 0.0819. The number of rotatable bonds is 6. The third-order valence-corrected chi connectivity index (χ3v) is 3.54. The molecule has 1 aromatic heterocycles. The summed E-state index contributed by atoms with van der Waals surface area (Å²) in [5, 5.41) is 0. The maximum atomic E-state index is 12.5.